The zero-order chi connectivity index (χ0) is 9.68. The number of nitrogens with one attached hydrogen (secondary N) is 1. The molecule has 1 rings (SSSR count). The lowest BCUT2D eigenvalue weighted by molar-refractivity contribution is -0.141. The number of anilines is 1. The summed E-state index contributed by atoms with van der Waals surface area (Å²) in [5.41, 5.74) is 0.806. The van der Waals surface area contributed by atoms with E-state index in [-0.39, 0.29) is 12.0 Å². The van der Waals surface area contributed by atoms with Gasteiger partial charge in [0.25, 0.3) is 0 Å². The predicted octanol–water partition coefficient (Wildman–Crippen LogP) is 1.05. The van der Waals surface area contributed by atoms with Crippen LogP contribution in [-0.2, 0) is 9.53 Å². The number of pyridine rings is 1. The van der Waals surface area contributed by atoms with E-state index in [9.17, 15) is 4.79 Å². The molecule has 13 heavy (non-hydrogen) atoms. The standard InChI is InChI=1S/C9H12N2O2/c1-7(9(12)13-2)11-8-4-3-5-10-6-8/h3-7,11H,1-2H3/t7-/m1/s1. The van der Waals surface area contributed by atoms with Gasteiger partial charge < -0.3 is 10.1 Å². The number of ether oxygens (including phenoxy) is 1. The topological polar surface area (TPSA) is 51.2 Å². The first kappa shape index (κ1) is 9.51. The Labute approximate surface area is 76.9 Å². The maximum absolute atomic E-state index is 11.0. The summed E-state index contributed by atoms with van der Waals surface area (Å²) in [6, 6.07) is 3.29. The molecule has 0 spiro atoms. The molecule has 4 heteroatoms. The smallest absolute Gasteiger partial charge is 0.327 e. The van der Waals surface area contributed by atoms with E-state index in [2.05, 4.69) is 15.0 Å². The lowest BCUT2D eigenvalue weighted by atomic mass is 10.3. The minimum absolute atomic E-state index is 0.288. The molecule has 0 aromatic carbocycles. The Balaban J connectivity index is 2.55. The largest absolute Gasteiger partial charge is 0.467 e. The highest BCUT2D eigenvalue weighted by Crippen LogP contribution is 2.05. The van der Waals surface area contributed by atoms with Crippen LogP contribution in [0.15, 0.2) is 24.5 Å². The van der Waals surface area contributed by atoms with Gasteiger partial charge in [0, 0.05) is 12.4 Å². The Kier molecular flexibility index (Phi) is 3.25. The van der Waals surface area contributed by atoms with Crippen molar-refractivity contribution in [1.82, 2.24) is 4.98 Å². The van der Waals surface area contributed by atoms with E-state index in [4.69, 9.17) is 0 Å². The van der Waals surface area contributed by atoms with Crippen molar-refractivity contribution in [2.24, 2.45) is 0 Å². The van der Waals surface area contributed by atoms with E-state index in [1.807, 2.05) is 6.07 Å². The Hall–Kier alpha value is -1.58. The third kappa shape index (κ3) is 2.74. The molecule has 0 saturated heterocycles. The molecule has 0 aliphatic rings. The summed E-state index contributed by atoms with van der Waals surface area (Å²) in [5.74, 6) is -0.288. The normalized spacial score (nSPS) is 11.8. The summed E-state index contributed by atoms with van der Waals surface area (Å²) in [5, 5.41) is 2.96. The highest BCUT2D eigenvalue weighted by atomic mass is 16.5. The molecule has 0 aliphatic carbocycles. The molecular weight excluding hydrogens is 168 g/mol. The van der Waals surface area contributed by atoms with Gasteiger partial charge in [-0.25, -0.2) is 4.79 Å². The Bertz CT molecular complexity index is 274. The highest BCUT2D eigenvalue weighted by Gasteiger charge is 2.11. The highest BCUT2D eigenvalue weighted by molar-refractivity contribution is 5.78. The molecule has 0 amide bonds. The van der Waals surface area contributed by atoms with Gasteiger partial charge in [0.1, 0.15) is 6.04 Å². The molecule has 0 fully saturated rings. The fraction of sp³-hybridized carbons (Fsp3) is 0.333. The van der Waals surface area contributed by atoms with Crippen LogP contribution >= 0.6 is 0 Å². The van der Waals surface area contributed by atoms with Gasteiger partial charge in [0.2, 0.25) is 0 Å². The number of aromatic nitrogens is 1. The number of esters is 1. The molecule has 1 heterocycles. The van der Waals surface area contributed by atoms with Crippen LogP contribution in [0.3, 0.4) is 0 Å². The summed E-state index contributed by atoms with van der Waals surface area (Å²) < 4.78 is 4.56. The van der Waals surface area contributed by atoms with Gasteiger partial charge >= 0.3 is 5.97 Å². The maximum atomic E-state index is 11.0. The number of hydrogen-bond acceptors (Lipinski definition) is 4. The van der Waals surface area contributed by atoms with Crippen molar-refractivity contribution in [3.8, 4) is 0 Å². The van der Waals surface area contributed by atoms with Crippen LogP contribution in [-0.4, -0.2) is 24.1 Å². The minimum atomic E-state index is -0.353. The van der Waals surface area contributed by atoms with Gasteiger partial charge in [-0.1, -0.05) is 0 Å². The molecular formula is C9H12N2O2. The summed E-state index contributed by atoms with van der Waals surface area (Å²) in [4.78, 5) is 14.9. The Morgan fingerprint density at radius 2 is 2.46 bits per heavy atom. The van der Waals surface area contributed by atoms with Gasteiger partial charge in [0.05, 0.1) is 12.8 Å². The van der Waals surface area contributed by atoms with Crippen molar-refractivity contribution in [2.45, 2.75) is 13.0 Å². The molecule has 1 N–H and O–H groups in total. The lowest BCUT2D eigenvalue weighted by Gasteiger charge is -2.11. The number of carbonyl (C=O) groups excluding carboxylic acids is 1. The molecule has 1 aromatic rings. The number of rotatable bonds is 3. The van der Waals surface area contributed by atoms with Crippen molar-refractivity contribution in [3.05, 3.63) is 24.5 Å². The molecule has 1 atom stereocenters. The van der Waals surface area contributed by atoms with Gasteiger partial charge in [-0.05, 0) is 19.1 Å². The number of nitrogens with zero attached hydrogens (tertiary/aromatic N) is 1. The van der Waals surface area contributed by atoms with Gasteiger partial charge in [-0.15, -0.1) is 0 Å². The average molecular weight is 180 g/mol. The summed E-state index contributed by atoms with van der Waals surface area (Å²) >= 11 is 0. The predicted molar refractivity (Wildman–Crippen MR) is 49.3 cm³/mol. The zero-order valence-corrected chi connectivity index (χ0v) is 7.65. The second-order valence-corrected chi connectivity index (χ2v) is 2.63. The van der Waals surface area contributed by atoms with Crippen molar-refractivity contribution in [3.63, 3.8) is 0 Å². The van der Waals surface area contributed by atoms with E-state index < -0.39 is 0 Å². The molecule has 0 aliphatic heterocycles. The van der Waals surface area contributed by atoms with Gasteiger partial charge in [0.15, 0.2) is 0 Å². The third-order valence-electron chi connectivity index (χ3n) is 1.60. The summed E-state index contributed by atoms with van der Waals surface area (Å²) in [7, 11) is 1.36. The first-order valence-electron chi connectivity index (χ1n) is 3.98. The SMILES string of the molecule is COC(=O)[C@@H](C)Nc1cccnc1. The van der Waals surface area contributed by atoms with Gasteiger partial charge in [-0.3, -0.25) is 4.98 Å². The third-order valence-corrected chi connectivity index (χ3v) is 1.60. The van der Waals surface area contributed by atoms with E-state index in [1.54, 1.807) is 25.4 Å². The molecule has 70 valence electrons. The summed E-state index contributed by atoms with van der Waals surface area (Å²) in [6.45, 7) is 1.73. The van der Waals surface area contributed by atoms with Crippen molar-refractivity contribution >= 4 is 11.7 Å². The molecule has 0 bridgehead atoms. The summed E-state index contributed by atoms with van der Waals surface area (Å²) in [6.07, 6.45) is 3.33. The monoisotopic (exact) mass is 180 g/mol. The Morgan fingerprint density at radius 1 is 1.69 bits per heavy atom. The molecule has 0 radical (unpaired) electrons. The van der Waals surface area contributed by atoms with Crippen LogP contribution < -0.4 is 5.32 Å². The van der Waals surface area contributed by atoms with Crippen molar-refractivity contribution in [2.75, 3.05) is 12.4 Å². The number of hydrogen-bond donors (Lipinski definition) is 1. The van der Waals surface area contributed by atoms with Crippen LogP contribution in [0.1, 0.15) is 6.92 Å². The maximum Gasteiger partial charge on any atom is 0.327 e. The average Bonchev–Trinajstić information content (AvgIpc) is 2.18. The van der Waals surface area contributed by atoms with Crippen LogP contribution in [0, 0.1) is 0 Å². The van der Waals surface area contributed by atoms with E-state index in [1.165, 1.54) is 7.11 Å². The van der Waals surface area contributed by atoms with Crippen molar-refractivity contribution in [1.29, 1.82) is 0 Å². The number of methoxy groups -OCH3 is 1. The first-order valence-corrected chi connectivity index (χ1v) is 3.98. The van der Waals surface area contributed by atoms with E-state index in [0.29, 0.717) is 0 Å². The first-order chi connectivity index (χ1) is 6.24. The van der Waals surface area contributed by atoms with Crippen molar-refractivity contribution < 1.29 is 9.53 Å². The zero-order valence-electron chi connectivity index (χ0n) is 7.65. The molecule has 1 aromatic heterocycles. The molecule has 0 saturated carbocycles. The number of carbonyl (C=O) groups is 1. The van der Waals surface area contributed by atoms with E-state index >= 15 is 0 Å². The van der Waals surface area contributed by atoms with E-state index in [0.717, 1.165) is 5.69 Å². The molecule has 0 unspecified atom stereocenters. The quantitative estimate of drug-likeness (QED) is 0.706. The van der Waals surface area contributed by atoms with Gasteiger partial charge in [-0.2, -0.15) is 0 Å². The fourth-order valence-corrected chi connectivity index (χ4v) is 0.934. The Morgan fingerprint density at radius 3 is 3.00 bits per heavy atom. The van der Waals surface area contributed by atoms with Crippen LogP contribution in [0.25, 0.3) is 0 Å². The van der Waals surface area contributed by atoms with Crippen LogP contribution in [0.4, 0.5) is 5.69 Å². The molecule has 4 nitrogen and oxygen atoms in total. The second-order valence-electron chi connectivity index (χ2n) is 2.63. The lowest BCUT2D eigenvalue weighted by Crippen LogP contribution is -2.27. The van der Waals surface area contributed by atoms with Crippen LogP contribution in [0.5, 0.6) is 0 Å². The minimum Gasteiger partial charge on any atom is -0.467 e. The van der Waals surface area contributed by atoms with Crippen LogP contribution in [0.2, 0.25) is 0 Å². The fourth-order valence-electron chi connectivity index (χ4n) is 0.934. The second kappa shape index (κ2) is 4.45.